The van der Waals surface area contributed by atoms with E-state index in [1.165, 1.54) is 0 Å². The van der Waals surface area contributed by atoms with Crippen LogP contribution >= 0.6 is 0 Å². The summed E-state index contributed by atoms with van der Waals surface area (Å²) < 4.78 is 82.8. The molecule has 0 aromatic carbocycles. The molecule has 0 fully saturated rings. The molecule has 0 unspecified atom stereocenters. The van der Waals surface area contributed by atoms with E-state index < -0.39 is 48.6 Å². The second kappa shape index (κ2) is 11.4. The molecule has 4 N–H and O–H groups in total. The van der Waals surface area contributed by atoms with Gasteiger partial charge >= 0.3 is 42.7 Å². The molecule has 0 saturated carbocycles. The summed E-state index contributed by atoms with van der Waals surface area (Å²) in [4.78, 5) is 0. The zero-order valence-electron chi connectivity index (χ0n) is 5.98. The normalized spacial score (nSPS) is 8.86. The van der Waals surface area contributed by atoms with Gasteiger partial charge in [-0.05, 0) is 0 Å². The van der Waals surface area contributed by atoms with Crippen molar-refractivity contribution in [1.82, 2.24) is 0 Å². The fraction of sp³-hybridized carbons (Fsp3) is 0. The van der Waals surface area contributed by atoms with Crippen LogP contribution in [-0.2, 0) is 25.3 Å². The van der Waals surface area contributed by atoms with Crippen molar-refractivity contribution in [3.8, 4) is 0 Å². The van der Waals surface area contributed by atoms with Crippen molar-refractivity contribution in [2.45, 2.75) is 0 Å². The van der Waals surface area contributed by atoms with Gasteiger partial charge in [0.1, 0.15) is 0 Å². The van der Waals surface area contributed by atoms with Crippen molar-refractivity contribution in [2.75, 3.05) is 0 Å². The summed E-state index contributed by atoms with van der Waals surface area (Å²) in [5.74, 6) is 0. The van der Waals surface area contributed by atoms with Crippen LogP contribution in [0.2, 0.25) is 0 Å². The summed E-state index contributed by atoms with van der Waals surface area (Å²) in [7, 11) is -9.83. The van der Waals surface area contributed by atoms with Gasteiger partial charge in [-0.3, -0.25) is 17.5 Å². The van der Waals surface area contributed by atoms with Crippen molar-refractivity contribution in [3.63, 3.8) is 0 Å². The predicted octanol–water partition coefficient (Wildman–Crippen LogP) is -3.05. The minimum atomic E-state index is -5.17. The maximum atomic E-state index is 8.74. The third-order valence-electron chi connectivity index (χ3n) is 0. The van der Waals surface area contributed by atoms with Crippen molar-refractivity contribution in [1.29, 1.82) is 0 Å². The van der Waals surface area contributed by atoms with Crippen LogP contribution in [0, 0.1) is 27.8 Å². The Kier molecular flexibility index (Phi) is 19.5. The van der Waals surface area contributed by atoms with Gasteiger partial charge in [0.15, 0.2) is 0 Å². The molecule has 0 radical (unpaired) electrons. The van der Waals surface area contributed by atoms with E-state index in [9.17, 15) is 0 Å². The van der Waals surface area contributed by atoms with Crippen LogP contribution in [0.25, 0.3) is 0 Å². The molecule has 0 bridgehead atoms. The number of hydrogen-bond donors (Lipinski definition) is 2. The molecule has 0 aliphatic carbocycles. The number of rotatable bonds is 0. The molecule has 0 amide bonds. The average Bonchev–Trinajstić information content (AvgIpc) is 1.52. The summed E-state index contributed by atoms with van der Waals surface area (Å²) in [5, 5.41) is 0. The molecule has 14 heavy (non-hydrogen) atoms. The summed E-state index contributed by atoms with van der Waals surface area (Å²) in [6.45, 7) is 0. The Balaban J connectivity index is -0.0000000535. The Labute approximate surface area is 93.2 Å². The second-order valence-electron chi connectivity index (χ2n) is 0.939. The molecular formula is H4O11S2U. The summed E-state index contributed by atoms with van der Waals surface area (Å²) in [6, 6.07) is 0. The first-order valence-electron chi connectivity index (χ1n) is 1.77. The zero-order chi connectivity index (χ0) is 11.7. The first-order valence-corrected chi connectivity index (χ1v) is 7.90. The van der Waals surface area contributed by atoms with Crippen LogP contribution in [0.1, 0.15) is 0 Å². The Hall–Kier alpha value is 0.352. The van der Waals surface area contributed by atoms with Gasteiger partial charge in [-0.2, -0.15) is 8.42 Å². The fourth-order valence-electron chi connectivity index (χ4n) is 0. The Bertz CT molecular complexity index is 277. The van der Waals surface area contributed by atoms with Gasteiger partial charge in [0, 0.05) is 10.4 Å². The van der Waals surface area contributed by atoms with E-state index in [0.717, 1.165) is 0 Å². The molecular weight excluding hydrogens is 478 g/mol. The minimum absolute atomic E-state index is 0. The molecule has 0 atom stereocenters. The molecule has 14 heteroatoms. The molecule has 0 spiro atoms. The Morgan fingerprint density at radius 3 is 0.929 bits per heavy atom. The van der Waals surface area contributed by atoms with Crippen molar-refractivity contribution >= 4 is 20.8 Å². The van der Waals surface area contributed by atoms with Gasteiger partial charge in [-0.15, -0.1) is 0 Å². The van der Waals surface area contributed by atoms with E-state index in [-0.39, 0.29) is 5.48 Å². The van der Waals surface area contributed by atoms with Crippen molar-refractivity contribution < 1.29 is 72.8 Å². The van der Waals surface area contributed by atoms with Crippen LogP contribution < -0.4 is 0 Å². The molecule has 0 heterocycles. The van der Waals surface area contributed by atoms with Gasteiger partial charge < -0.3 is 14.6 Å². The van der Waals surface area contributed by atoms with E-state index in [4.69, 9.17) is 39.5 Å². The van der Waals surface area contributed by atoms with Gasteiger partial charge in [-0.25, -0.2) is 0 Å². The molecule has 0 aliphatic rings. The van der Waals surface area contributed by atoms with Crippen molar-refractivity contribution in [3.05, 3.63) is 0 Å². The summed E-state index contributed by atoms with van der Waals surface area (Å²) in [6.07, 6.45) is 0. The fourth-order valence-corrected chi connectivity index (χ4v) is 0. The van der Waals surface area contributed by atoms with E-state index in [1.807, 2.05) is 0 Å². The molecule has 11 nitrogen and oxygen atoms in total. The third-order valence-corrected chi connectivity index (χ3v) is 0. The molecule has 0 aliphatic heterocycles. The summed E-state index contributed by atoms with van der Waals surface area (Å²) >= 11 is -2.51. The molecule has 0 saturated heterocycles. The van der Waals surface area contributed by atoms with Crippen LogP contribution in [-0.4, -0.2) is 40.5 Å². The SMILES string of the molecule is O.O=S(=O)(O)O.O=S(=O)([O-])[O-].[O]=[U+2]=[O]. The first-order chi connectivity index (χ1) is 5.41. The van der Waals surface area contributed by atoms with Gasteiger partial charge in [-0.1, -0.05) is 0 Å². The average molecular weight is 482 g/mol. The van der Waals surface area contributed by atoms with Gasteiger partial charge in [0.2, 0.25) is 0 Å². The van der Waals surface area contributed by atoms with E-state index in [0.29, 0.717) is 0 Å². The van der Waals surface area contributed by atoms with Crippen LogP contribution in [0.3, 0.4) is 0 Å². The monoisotopic (exact) mass is 482 g/mol. The van der Waals surface area contributed by atoms with Crippen molar-refractivity contribution in [2.24, 2.45) is 0 Å². The topological polar surface area (TPSA) is 220 Å². The van der Waals surface area contributed by atoms with Gasteiger partial charge in [0.05, 0.1) is 0 Å². The van der Waals surface area contributed by atoms with E-state index in [1.54, 1.807) is 0 Å². The standard InChI is InChI=1S/2H2O4S.H2O.2O.U/c2*1-5(2,3)4;;;;/h2*(H2,1,2,3,4);1H2;;;/q;;;;;+2/p-2. The Morgan fingerprint density at radius 2 is 0.929 bits per heavy atom. The maximum absolute atomic E-state index is 8.74. The number of hydrogen-bond acceptors (Lipinski definition) is 8. The molecule has 0 aromatic heterocycles. The van der Waals surface area contributed by atoms with Crippen LogP contribution in [0.5, 0.6) is 0 Å². The van der Waals surface area contributed by atoms with Gasteiger partial charge in [0.25, 0.3) is 0 Å². The quantitative estimate of drug-likeness (QED) is 0.262. The zero-order valence-corrected chi connectivity index (χ0v) is 11.8. The van der Waals surface area contributed by atoms with Crippen LogP contribution in [0.15, 0.2) is 0 Å². The van der Waals surface area contributed by atoms with Crippen LogP contribution in [0.4, 0.5) is 0 Å². The Morgan fingerprint density at radius 1 is 0.929 bits per heavy atom. The second-order valence-corrected chi connectivity index (χ2v) is 3.35. The summed E-state index contributed by atoms with van der Waals surface area (Å²) in [5.41, 5.74) is 0. The molecule has 0 rings (SSSR count). The molecule has 86 valence electrons. The third kappa shape index (κ3) is 12900. The predicted molar refractivity (Wildman–Crippen MR) is 29.6 cm³/mol. The van der Waals surface area contributed by atoms with E-state index >= 15 is 0 Å². The molecule has 0 aromatic rings. The van der Waals surface area contributed by atoms with E-state index in [2.05, 4.69) is 0 Å². The first kappa shape index (κ1) is 23.9.